The smallest absolute Gasteiger partial charge is 0.268 e. The molecule has 1 aromatic carbocycles. The van der Waals surface area contributed by atoms with Gasteiger partial charge in [0.2, 0.25) is 0 Å². The van der Waals surface area contributed by atoms with Crippen LogP contribution < -0.4 is 16.2 Å². The number of unbranched alkanes of at least 4 members (excludes halogenated alkanes) is 5. The van der Waals surface area contributed by atoms with Gasteiger partial charge in [0.25, 0.3) is 5.91 Å². The van der Waals surface area contributed by atoms with Crippen molar-refractivity contribution >= 4 is 11.6 Å². The normalized spacial score (nSPS) is 16.9. The van der Waals surface area contributed by atoms with Gasteiger partial charge < -0.3 is 10.8 Å². The van der Waals surface area contributed by atoms with Gasteiger partial charge in [0.05, 0.1) is 5.69 Å². The van der Waals surface area contributed by atoms with E-state index in [1.54, 1.807) is 0 Å². The van der Waals surface area contributed by atoms with Crippen molar-refractivity contribution in [2.45, 2.75) is 96.1 Å². The molecular formula is C24H41N3O2. The fourth-order valence-corrected chi connectivity index (χ4v) is 4.24. The van der Waals surface area contributed by atoms with Crippen molar-refractivity contribution in [3.63, 3.8) is 0 Å². The third-order valence-corrected chi connectivity index (χ3v) is 6.05. The Morgan fingerprint density at radius 2 is 1.76 bits per heavy atom. The van der Waals surface area contributed by atoms with Crippen LogP contribution in [0.25, 0.3) is 0 Å². The molecule has 0 spiro atoms. The molecule has 0 aromatic heterocycles. The van der Waals surface area contributed by atoms with Gasteiger partial charge in [-0.3, -0.25) is 15.2 Å². The Hall–Kier alpha value is -1.59. The Kier molecular flexibility index (Phi) is 11.1. The highest BCUT2D eigenvalue weighted by Crippen LogP contribution is 2.27. The summed E-state index contributed by atoms with van der Waals surface area (Å²) in [5, 5.41) is 12.4. The van der Waals surface area contributed by atoms with Crippen LogP contribution in [-0.2, 0) is 4.79 Å². The summed E-state index contributed by atoms with van der Waals surface area (Å²) in [6, 6.07) is 9.33. The number of nitrogens with two attached hydrogens (primary N) is 1. The number of hydrogen-bond acceptors (Lipinski definition) is 4. The molecule has 5 nitrogen and oxygen atoms in total. The number of nitrogens with zero attached hydrogens (tertiary/aromatic N) is 1. The van der Waals surface area contributed by atoms with Crippen molar-refractivity contribution in [3.8, 4) is 0 Å². The van der Waals surface area contributed by atoms with Gasteiger partial charge in [-0.1, -0.05) is 89.3 Å². The molecule has 0 saturated heterocycles. The van der Waals surface area contributed by atoms with Gasteiger partial charge in [-0.25, -0.2) is 0 Å². The Morgan fingerprint density at radius 1 is 1.10 bits per heavy atom. The second-order valence-electron chi connectivity index (χ2n) is 8.58. The van der Waals surface area contributed by atoms with E-state index in [1.165, 1.54) is 44.9 Å². The van der Waals surface area contributed by atoms with Crippen molar-refractivity contribution in [3.05, 3.63) is 30.3 Å². The molecule has 4 N–H and O–H groups in total. The second kappa shape index (κ2) is 13.6. The van der Waals surface area contributed by atoms with Crippen LogP contribution in [0.5, 0.6) is 0 Å². The number of anilines is 1. The fourth-order valence-electron chi connectivity index (χ4n) is 4.24. The molecule has 2 atom stereocenters. The quantitative estimate of drug-likeness (QED) is 0.334. The number of benzene rings is 1. The molecule has 0 aliphatic heterocycles. The highest BCUT2D eigenvalue weighted by molar-refractivity contribution is 5.82. The molecule has 29 heavy (non-hydrogen) atoms. The van der Waals surface area contributed by atoms with Crippen molar-refractivity contribution < 1.29 is 9.90 Å². The van der Waals surface area contributed by atoms with Gasteiger partial charge in [0, 0.05) is 12.6 Å². The number of hydrogen-bond donors (Lipinski definition) is 3. The molecule has 1 amide bonds. The van der Waals surface area contributed by atoms with Crippen LogP contribution in [0, 0.1) is 5.92 Å². The van der Waals surface area contributed by atoms with Crippen LogP contribution >= 0.6 is 0 Å². The molecule has 1 aromatic rings. The minimum atomic E-state index is -1.17. The molecular weight excluding hydrogens is 362 g/mol. The van der Waals surface area contributed by atoms with E-state index < -0.39 is 18.1 Å². The molecule has 0 bridgehead atoms. The molecule has 1 fully saturated rings. The minimum absolute atomic E-state index is 0.400. The summed E-state index contributed by atoms with van der Waals surface area (Å²) in [6.07, 6.45) is 12.8. The molecule has 0 radical (unpaired) electrons. The minimum Gasteiger partial charge on any atom is -0.382 e. The van der Waals surface area contributed by atoms with Crippen LogP contribution in [0.1, 0.15) is 84.0 Å². The molecule has 2 unspecified atom stereocenters. The lowest BCUT2D eigenvalue weighted by atomic mass is 9.84. The maximum atomic E-state index is 12.7. The number of aliphatic hydroxyl groups excluding tert-OH is 1. The van der Waals surface area contributed by atoms with E-state index in [0.717, 1.165) is 44.3 Å². The van der Waals surface area contributed by atoms with Gasteiger partial charge in [0.1, 0.15) is 6.10 Å². The number of carbonyl (C=O) groups is 1. The first kappa shape index (κ1) is 23.7. The monoisotopic (exact) mass is 403 g/mol. The summed E-state index contributed by atoms with van der Waals surface area (Å²) < 4.78 is 0. The van der Waals surface area contributed by atoms with Crippen molar-refractivity contribution in [2.75, 3.05) is 11.6 Å². The number of hydrazine groups is 1. The van der Waals surface area contributed by atoms with Crippen molar-refractivity contribution in [1.29, 1.82) is 0 Å². The maximum Gasteiger partial charge on any atom is 0.268 e. The summed E-state index contributed by atoms with van der Waals surface area (Å²) in [5.41, 5.74) is 10.1. The number of amides is 1. The summed E-state index contributed by atoms with van der Waals surface area (Å²) in [5.74, 6) is 0.137. The van der Waals surface area contributed by atoms with Crippen molar-refractivity contribution in [1.82, 2.24) is 5.43 Å². The van der Waals surface area contributed by atoms with Gasteiger partial charge in [-0.2, -0.15) is 0 Å². The predicted octanol–water partition coefficient (Wildman–Crippen LogP) is 4.54. The fraction of sp³-hybridized carbons (Fsp3) is 0.708. The van der Waals surface area contributed by atoms with E-state index in [2.05, 4.69) is 12.3 Å². The average Bonchev–Trinajstić information content (AvgIpc) is 2.76. The molecule has 1 saturated carbocycles. The molecule has 1 aliphatic carbocycles. The maximum absolute atomic E-state index is 12.7. The standard InChI is InChI=1S/C24H41N3O2/c1-2-3-4-5-6-13-18-27(21-16-11-8-12-17-21)26-24(29)23(28)22(25)19-20-14-9-7-10-15-20/h8,11-12,16-17,20,22-23,28H,2-7,9-10,13-15,18-19,25H2,1H3,(H,26,29). The Bertz CT molecular complexity index is 561. The Balaban J connectivity index is 1.86. The lowest BCUT2D eigenvalue weighted by molar-refractivity contribution is -0.130. The summed E-state index contributed by atoms with van der Waals surface area (Å²) in [6.45, 7) is 2.95. The third kappa shape index (κ3) is 8.75. The predicted molar refractivity (Wildman–Crippen MR) is 120 cm³/mol. The van der Waals surface area contributed by atoms with Crippen molar-refractivity contribution in [2.24, 2.45) is 11.7 Å². The largest absolute Gasteiger partial charge is 0.382 e. The van der Waals surface area contributed by atoms with E-state index in [4.69, 9.17) is 5.73 Å². The second-order valence-corrected chi connectivity index (χ2v) is 8.58. The molecule has 2 rings (SSSR count). The molecule has 5 heteroatoms. The van der Waals surface area contributed by atoms with Crippen LogP contribution in [0.15, 0.2) is 30.3 Å². The number of aliphatic hydroxyl groups is 1. The topological polar surface area (TPSA) is 78.6 Å². The summed E-state index contributed by atoms with van der Waals surface area (Å²) in [4.78, 5) is 12.7. The molecule has 164 valence electrons. The van der Waals surface area contributed by atoms with Gasteiger partial charge >= 0.3 is 0 Å². The summed E-state index contributed by atoms with van der Waals surface area (Å²) >= 11 is 0. The third-order valence-electron chi connectivity index (χ3n) is 6.05. The van der Waals surface area contributed by atoms with E-state index in [-0.39, 0.29) is 0 Å². The van der Waals surface area contributed by atoms with Crippen LogP contribution in [0.2, 0.25) is 0 Å². The van der Waals surface area contributed by atoms with Crippen LogP contribution in [0.4, 0.5) is 5.69 Å². The van der Waals surface area contributed by atoms with E-state index >= 15 is 0 Å². The van der Waals surface area contributed by atoms with Gasteiger partial charge in [-0.15, -0.1) is 0 Å². The highest BCUT2D eigenvalue weighted by atomic mass is 16.3. The van der Waals surface area contributed by atoms with E-state index in [9.17, 15) is 9.90 Å². The molecule has 0 heterocycles. The number of carbonyl (C=O) groups excluding carboxylic acids is 1. The lowest BCUT2D eigenvalue weighted by Crippen LogP contribution is -2.53. The number of para-hydroxylation sites is 1. The first-order chi connectivity index (χ1) is 14.1. The number of rotatable bonds is 13. The molecule has 1 aliphatic rings. The van der Waals surface area contributed by atoms with E-state index in [1.807, 2.05) is 35.3 Å². The van der Waals surface area contributed by atoms with Crippen LogP contribution in [-0.4, -0.2) is 29.7 Å². The first-order valence-electron chi connectivity index (χ1n) is 11.7. The first-order valence-corrected chi connectivity index (χ1v) is 11.7. The zero-order chi connectivity index (χ0) is 20.9. The van der Waals surface area contributed by atoms with Gasteiger partial charge in [0.15, 0.2) is 0 Å². The Labute approximate surface area is 177 Å². The van der Waals surface area contributed by atoms with E-state index in [0.29, 0.717) is 5.92 Å². The van der Waals surface area contributed by atoms with Crippen LogP contribution in [0.3, 0.4) is 0 Å². The lowest BCUT2D eigenvalue weighted by Gasteiger charge is -2.30. The average molecular weight is 404 g/mol. The summed E-state index contributed by atoms with van der Waals surface area (Å²) in [7, 11) is 0. The zero-order valence-electron chi connectivity index (χ0n) is 18.2. The SMILES string of the molecule is CCCCCCCCN(NC(=O)C(O)C(N)CC1CCCCC1)c1ccccc1. The Morgan fingerprint density at radius 3 is 2.45 bits per heavy atom. The number of nitrogens with one attached hydrogen (secondary N) is 1. The zero-order valence-corrected chi connectivity index (χ0v) is 18.2. The highest BCUT2D eigenvalue weighted by Gasteiger charge is 2.27. The van der Waals surface area contributed by atoms with Gasteiger partial charge in [-0.05, 0) is 30.9 Å².